The molecule has 1 nitrogen and oxygen atoms in total. The molecule has 0 radical (unpaired) electrons. The van der Waals surface area contributed by atoms with E-state index >= 15 is 0 Å². The number of benzene rings is 1. The Bertz CT molecular complexity index is 289. The van der Waals surface area contributed by atoms with Crippen molar-refractivity contribution < 1.29 is 0 Å². The van der Waals surface area contributed by atoms with E-state index < -0.39 is 0 Å². The van der Waals surface area contributed by atoms with Crippen LogP contribution in [-0.2, 0) is 0 Å². The summed E-state index contributed by atoms with van der Waals surface area (Å²) in [7, 11) is 0. The molecule has 2 unspecified atom stereocenters. The minimum absolute atomic E-state index is 0.849. The van der Waals surface area contributed by atoms with Crippen LogP contribution < -0.4 is 0 Å². The van der Waals surface area contributed by atoms with Gasteiger partial charge >= 0.3 is 0 Å². The fourth-order valence-electron chi connectivity index (χ4n) is 2.32. The molecule has 1 saturated carbocycles. The van der Waals surface area contributed by atoms with E-state index in [1.165, 1.54) is 25.9 Å². The van der Waals surface area contributed by atoms with E-state index in [1.807, 2.05) is 0 Å². The van der Waals surface area contributed by atoms with Gasteiger partial charge in [-0.3, -0.25) is 4.90 Å². The van der Waals surface area contributed by atoms with Crippen LogP contribution in [0.1, 0.15) is 24.3 Å². The van der Waals surface area contributed by atoms with Crippen LogP contribution in [-0.4, -0.2) is 24.0 Å². The third kappa shape index (κ3) is 1.28. The molecule has 0 spiro atoms. The van der Waals surface area contributed by atoms with Crippen molar-refractivity contribution in [3.8, 4) is 0 Å². The maximum Gasteiger partial charge on any atom is 0.0171 e. The van der Waals surface area contributed by atoms with E-state index in [9.17, 15) is 0 Å². The smallest absolute Gasteiger partial charge is 0.0171 e. The fourth-order valence-corrected chi connectivity index (χ4v) is 2.32. The molecule has 0 aromatic heterocycles. The van der Waals surface area contributed by atoms with Gasteiger partial charge < -0.3 is 0 Å². The van der Waals surface area contributed by atoms with Crippen LogP contribution in [0.5, 0.6) is 0 Å². The lowest BCUT2D eigenvalue weighted by Crippen LogP contribution is -2.39. The molecule has 1 aromatic rings. The molecule has 0 amide bonds. The summed E-state index contributed by atoms with van der Waals surface area (Å²) in [6.45, 7) is 2.68. The van der Waals surface area contributed by atoms with Gasteiger partial charge in [-0.1, -0.05) is 30.3 Å². The van der Waals surface area contributed by atoms with Crippen molar-refractivity contribution in [2.24, 2.45) is 0 Å². The van der Waals surface area contributed by atoms with Crippen molar-refractivity contribution in [2.45, 2.75) is 24.8 Å². The molecule has 3 rings (SSSR count). The second-order valence-corrected chi connectivity index (χ2v) is 4.21. The molecule has 1 heteroatoms. The predicted octanol–water partition coefficient (Wildman–Crippen LogP) is 2.25. The summed E-state index contributed by atoms with van der Waals surface area (Å²) >= 11 is 0. The molecule has 0 N–H and O–H groups in total. The average molecular weight is 173 g/mol. The Kier molecular flexibility index (Phi) is 1.66. The molecule has 68 valence electrons. The largest absolute Gasteiger partial charge is 0.300 e. The highest BCUT2D eigenvalue weighted by atomic mass is 15.2. The van der Waals surface area contributed by atoms with Crippen molar-refractivity contribution in [3.63, 3.8) is 0 Å². The summed E-state index contributed by atoms with van der Waals surface area (Å²) in [6.07, 6.45) is 2.81. The fraction of sp³-hybridized carbons (Fsp3) is 0.500. The van der Waals surface area contributed by atoms with Crippen LogP contribution in [0.4, 0.5) is 0 Å². The van der Waals surface area contributed by atoms with Crippen LogP contribution in [0.2, 0.25) is 0 Å². The minimum Gasteiger partial charge on any atom is -0.300 e. The van der Waals surface area contributed by atoms with Gasteiger partial charge in [0.2, 0.25) is 0 Å². The van der Waals surface area contributed by atoms with Crippen LogP contribution in [0, 0.1) is 0 Å². The number of likely N-dealkylation sites (tertiary alicyclic amines) is 1. The minimum atomic E-state index is 0.849. The van der Waals surface area contributed by atoms with Crippen LogP contribution in [0.15, 0.2) is 30.3 Å². The number of nitrogens with zero attached hydrogens (tertiary/aromatic N) is 1. The van der Waals surface area contributed by atoms with Gasteiger partial charge in [-0.2, -0.15) is 0 Å². The normalized spacial score (nSPS) is 32.6. The Labute approximate surface area is 79.4 Å². The molecular formula is C12H15N. The maximum absolute atomic E-state index is 2.62. The first-order chi connectivity index (χ1) is 6.45. The monoisotopic (exact) mass is 173 g/mol. The Morgan fingerprint density at radius 1 is 1.08 bits per heavy atom. The van der Waals surface area contributed by atoms with Gasteiger partial charge in [-0.25, -0.2) is 0 Å². The summed E-state index contributed by atoms with van der Waals surface area (Å²) in [5.41, 5.74) is 1.54. The molecule has 1 aliphatic carbocycles. The third-order valence-electron chi connectivity index (χ3n) is 3.34. The first kappa shape index (κ1) is 7.57. The third-order valence-corrected chi connectivity index (χ3v) is 3.34. The first-order valence-electron chi connectivity index (χ1n) is 5.24. The molecule has 2 fully saturated rings. The number of hydrogen-bond donors (Lipinski definition) is 0. The summed E-state index contributed by atoms with van der Waals surface area (Å²) in [5.74, 6) is 0.849. The second-order valence-electron chi connectivity index (χ2n) is 4.21. The Morgan fingerprint density at radius 2 is 1.85 bits per heavy atom. The summed E-state index contributed by atoms with van der Waals surface area (Å²) in [4.78, 5) is 2.62. The lowest BCUT2D eigenvalue weighted by atomic mass is 10.1. The molecule has 1 saturated heterocycles. The first-order valence-corrected chi connectivity index (χ1v) is 5.24. The van der Waals surface area contributed by atoms with Crippen molar-refractivity contribution in [1.29, 1.82) is 0 Å². The molecule has 1 heterocycles. The molecular weight excluding hydrogens is 158 g/mol. The van der Waals surface area contributed by atoms with E-state index in [1.54, 1.807) is 5.56 Å². The predicted molar refractivity (Wildman–Crippen MR) is 53.8 cm³/mol. The topological polar surface area (TPSA) is 3.24 Å². The zero-order valence-electron chi connectivity index (χ0n) is 7.82. The standard InChI is InChI=1S/C12H15N/c1-2-5-10(6-3-1)11-9-12(11)13-7-4-8-13/h1-3,5-6,11-12H,4,7-9H2. The second kappa shape index (κ2) is 2.85. The summed E-state index contributed by atoms with van der Waals surface area (Å²) in [5, 5.41) is 0. The molecule has 13 heavy (non-hydrogen) atoms. The number of hydrogen-bond acceptors (Lipinski definition) is 1. The Morgan fingerprint density at radius 3 is 2.46 bits per heavy atom. The van der Waals surface area contributed by atoms with Crippen LogP contribution >= 0.6 is 0 Å². The lowest BCUT2D eigenvalue weighted by molar-refractivity contribution is 0.168. The van der Waals surface area contributed by atoms with E-state index in [0.717, 1.165) is 12.0 Å². The molecule has 1 aromatic carbocycles. The lowest BCUT2D eigenvalue weighted by Gasteiger charge is -2.31. The van der Waals surface area contributed by atoms with Crippen molar-refractivity contribution in [1.82, 2.24) is 4.90 Å². The quantitative estimate of drug-likeness (QED) is 0.663. The van der Waals surface area contributed by atoms with E-state index in [4.69, 9.17) is 0 Å². The molecule has 1 aliphatic heterocycles. The number of rotatable bonds is 2. The maximum atomic E-state index is 2.62. The summed E-state index contributed by atoms with van der Waals surface area (Å²) in [6, 6.07) is 11.8. The van der Waals surface area contributed by atoms with Crippen molar-refractivity contribution in [2.75, 3.05) is 13.1 Å². The highest BCUT2D eigenvalue weighted by Crippen LogP contribution is 2.45. The zero-order chi connectivity index (χ0) is 8.67. The van der Waals surface area contributed by atoms with Gasteiger partial charge in [-0.05, 0) is 31.5 Å². The summed E-state index contributed by atoms with van der Waals surface area (Å²) < 4.78 is 0. The van der Waals surface area contributed by atoms with E-state index in [2.05, 4.69) is 35.2 Å². The SMILES string of the molecule is c1ccc(C2CC2N2CCC2)cc1. The molecule has 2 atom stereocenters. The average Bonchev–Trinajstić information content (AvgIpc) is 2.83. The van der Waals surface area contributed by atoms with Crippen molar-refractivity contribution in [3.05, 3.63) is 35.9 Å². The van der Waals surface area contributed by atoms with Gasteiger partial charge in [0.15, 0.2) is 0 Å². The van der Waals surface area contributed by atoms with Gasteiger partial charge in [0.1, 0.15) is 0 Å². The van der Waals surface area contributed by atoms with Gasteiger partial charge in [0.25, 0.3) is 0 Å². The highest BCUT2D eigenvalue weighted by Gasteiger charge is 2.43. The van der Waals surface area contributed by atoms with E-state index in [0.29, 0.717) is 0 Å². The van der Waals surface area contributed by atoms with Gasteiger partial charge in [0, 0.05) is 12.0 Å². The van der Waals surface area contributed by atoms with Crippen molar-refractivity contribution >= 4 is 0 Å². The zero-order valence-corrected chi connectivity index (χ0v) is 7.82. The molecule has 0 bridgehead atoms. The highest BCUT2D eigenvalue weighted by molar-refractivity contribution is 5.28. The van der Waals surface area contributed by atoms with Crippen LogP contribution in [0.3, 0.4) is 0 Å². The van der Waals surface area contributed by atoms with Gasteiger partial charge in [-0.15, -0.1) is 0 Å². The molecule has 2 aliphatic rings. The Balaban J connectivity index is 1.69. The Hall–Kier alpha value is -0.820. The van der Waals surface area contributed by atoms with E-state index in [-0.39, 0.29) is 0 Å². The van der Waals surface area contributed by atoms with Crippen LogP contribution in [0.25, 0.3) is 0 Å². The van der Waals surface area contributed by atoms with Gasteiger partial charge in [0.05, 0.1) is 0 Å².